The fraction of sp³-hybridized carbons (Fsp3) is 0.200. The highest BCUT2D eigenvalue weighted by atomic mass is 35.5. The molecule has 7 nitrogen and oxygen atoms in total. The number of nitrogens with zero attached hydrogens (tertiary/aromatic N) is 5. The van der Waals surface area contributed by atoms with E-state index in [1.165, 1.54) is 21.9 Å². The zero-order chi connectivity index (χ0) is 23.9. The first-order chi connectivity index (χ1) is 17.1. The van der Waals surface area contributed by atoms with Gasteiger partial charge in [-0.25, -0.2) is 4.39 Å². The Kier molecular flexibility index (Phi) is 5.68. The van der Waals surface area contributed by atoms with Crippen LogP contribution in [0.4, 0.5) is 10.1 Å². The molecule has 1 fully saturated rings. The molecule has 0 saturated carbocycles. The number of piperazine rings is 1. The van der Waals surface area contributed by atoms with E-state index in [0.717, 1.165) is 18.8 Å². The monoisotopic (exact) mass is 509 g/mol. The molecular weight excluding hydrogens is 489 g/mol. The third-order valence-corrected chi connectivity index (χ3v) is 7.55. The Balaban J connectivity index is 1.35. The number of hydrogen-bond donors (Lipinski definition) is 1. The zero-order valence-electron chi connectivity index (χ0n) is 18.5. The number of fused-ring (bicyclic) bond motifs is 1. The highest BCUT2D eigenvalue weighted by molar-refractivity contribution is 7.17. The van der Waals surface area contributed by atoms with Gasteiger partial charge in [0.15, 0.2) is 5.76 Å². The molecule has 1 N–H and O–H groups in total. The van der Waals surface area contributed by atoms with Crippen LogP contribution < -0.4 is 4.90 Å². The van der Waals surface area contributed by atoms with Gasteiger partial charge in [-0.3, -0.25) is 4.90 Å². The Hall–Kier alpha value is -3.40. The van der Waals surface area contributed by atoms with Crippen LogP contribution in [0.15, 0.2) is 71.3 Å². The minimum absolute atomic E-state index is 0.0409. The molecule has 6 rings (SSSR count). The third-order valence-electron chi connectivity index (χ3n) is 6.24. The lowest BCUT2D eigenvalue weighted by molar-refractivity contribution is 0.208. The first-order valence-corrected chi connectivity index (χ1v) is 12.4. The number of benzene rings is 2. The molecule has 0 spiro atoms. The van der Waals surface area contributed by atoms with Crippen molar-refractivity contribution in [2.45, 2.75) is 6.04 Å². The van der Waals surface area contributed by atoms with Gasteiger partial charge in [0.25, 0.3) is 0 Å². The lowest BCUT2D eigenvalue weighted by Crippen LogP contribution is -2.48. The van der Waals surface area contributed by atoms with E-state index in [2.05, 4.69) is 19.9 Å². The van der Waals surface area contributed by atoms with Crippen LogP contribution in [0.25, 0.3) is 16.5 Å². The van der Waals surface area contributed by atoms with Crippen LogP contribution in [0.1, 0.15) is 16.5 Å². The summed E-state index contributed by atoms with van der Waals surface area (Å²) < 4.78 is 21.8. The Morgan fingerprint density at radius 2 is 1.86 bits per heavy atom. The Morgan fingerprint density at radius 3 is 2.57 bits per heavy atom. The third kappa shape index (κ3) is 4.05. The van der Waals surface area contributed by atoms with E-state index in [1.807, 2.05) is 30.3 Å². The van der Waals surface area contributed by atoms with Gasteiger partial charge in [0, 0.05) is 42.5 Å². The molecule has 4 heterocycles. The molecule has 0 amide bonds. The molecule has 0 aliphatic carbocycles. The predicted octanol–water partition coefficient (Wildman–Crippen LogP) is 5.46. The highest BCUT2D eigenvalue weighted by Crippen LogP contribution is 2.41. The summed E-state index contributed by atoms with van der Waals surface area (Å²) in [7, 11) is 0. The Bertz CT molecular complexity index is 1480. The molecule has 35 heavy (non-hydrogen) atoms. The van der Waals surface area contributed by atoms with Crippen molar-refractivity contribution in [2.24, 2.45) is 0 Å². The normalized spacial score (nSPS) is 15.7. The minimum atomic E-state index is -0.474. The van der Waals surface area contributed by atoms with Gasteiger partial charge < -0.3 is 14.4 Å². The van der Waals surface area contributed by atoms with Crippen LogP contribution in [0.5, 0.6) is 5.88 Å². The Morgan fingerprint density at radius 1 is 1.03 bits per heavy atom. The van der Waals surface area contributed by atoms with E-state index in [0.29, 0.717) is 45.1 Å². The number of furan rings is 1. The molecule has 3 aromatic heterocycles. The van der Waals surface area contributed by atoms with Crippen molar-refractivity contribution in [3.63, 3.8) is 0 Å². The fourth-order valence-corrected chi connectivity index (χ4v) is 5.84. The highest BCUT2D eigenvalue weighted by Gasteiger charge is 2.33. The quantitative estimate of drug-likeness (QED) is 0.339. The predicted molar refractivity (Wildman–Crippen MR) is 134 cm³/mol. The van der Waals surface area contributed by atoms with Crippen molar-refractivity contribution in [1.29, 1.82) is 0 Å². The van der Waals surface area contributed by atoms with Gasteiger partial charge in [-0.15, -0.1) is 5.10 Å². The second-order valence-corrected chi connectivity index (χ2v) is 9.77. The van der Waals surface area contributed by atoms with Gasteiger partial charge in [0.05, 0.1) is 17.2 Å². The molecule has 0 bridgehead atoms. The van der Waals surface area contributed by atoms with Gasteiger partial charge >= 0.3 is 0 Å². The molecule has 1 atom stereocenters. The summed E-state index contributed by atoms with van der Waals surface area (Å²) in [6.07, 6.45) is 1.55. The maximum Gasteiger partial charge on any atom is 0.230 e. The largest absolute Gasteiger partial charge is 0.492 e. The summed E-state index contributed by atoms with van der Waals surface area (Å²) >= 11 is 7.49. The zero-order valence-corrected chi connectivity index (χ0v) is 20.1. The van der Waals surface area contributed by atoms with Crippen molar-refractivity contribution < 1.29 is 13.9 Å². The van der Waals surface area contributed by atoms with Crippen LogP contribution >= 0.6 is 22.9 Å². The average Bonchev–Trinajstić information content (AvgIpc) is 3.60. The fourth-order valence-electron chi connectivity index (χ4n) is 4.55. The number of halogens is 2. The van der Waals surface area contributed by atoms with Crippen molar-refractivity contribution in [3.05, 3.63) is 88.2 Å². The van der Waals surface area contributed by atoms with Crippen LogP contribution in [0.3, 0.4) is 0 Å². The van der Waals surface area contributed by atoms with E-state index < -0.39 is 6.04 Å². The lowest BCUT2D eigenvalue weighted by atomic mass is 10.0. The van der Waals surface area contributed by atoms with Crippen LogP contribution in [-0.2, 0) is 0 Å². The summed E-state index contributed by atoms with van der Waals surface area (Å²) in [4.78, 5) is 10.1. The second-order valence-electron chi connectivity index (χ2n) is 8.32. The van der Waals surface area contributed by atoms with E-state index >= 15 is 4.39 Å². The van der Waals surface area contributed by atoms with E-state index in [-0.39, 0.29) is 11.7 Å². The van der Waals surface area contributed by atoms with Crippen LogP contribution in [0, 0.1) is 5.82 Å². The second kappa shape index (κ2) is 8.99. The topological polar surface area (TPSA) is 70.0 Å². The molecule has 2 aromatic carbocycles. The number of thiazole rings is 1. The maximum atomic E-state index is 15.1. The molecule has 0 unspecified atom stereocenters. The molecule has 1 aliphatic heterocycles. The van der Waals surface area contributed by atoms with E-state index in [1.54, 1.807) is 30.5 Å². The number of rotatable bonds is 5. The van der Waals surface area contributed by atoms with Gasteiger partial charge in [-0.1, -0.05) is 47.2 Å². The summed E-state index contributed by atoms with van der Waals surface area (Å²) in [5, 5.41) is 16.3. The molecule has 10 heteroatoms. The molecule has 0 radical (unpaired) electrons. The number of aromatic hydroxyl groups is 1. The summed E-state index contributed by atoms with van der Waals surface area (Å²) in [6, 6.07) is 17.5. The van der Waals surface area contributed by atoms with Crippen LogP contribution in [-0.4, -0.2) is 50.8 Å². The molecule has 1 aliphatic rings. The number of aromatic nitrogens is 3. The van der Waals surface area contributed by atoms with Crippen molar-refractivity contribution in [2.75, 3.05) is 31.1 Å². The standard InChI is InChI=1S/C25H21ClFN5O2S/c26-16-5-3-6-17(15-16)30-10-12-31(13-11-30)21(18-7-1-2-8-19(18)27)22-24(33)32-25(35-22)28-23(29-32)20-9-4-14-34-20/h1-9,14-15,21,33H,10-13H2/t21-/m0/s1. The van der Waals surface area contributed by atoms with Gasteiger partial charge in [0.2, 0.25) is 16.7 Å². The summed E-state index contributed by atoms with van der Waals surface area (Å²) in [5.41, 5.74) is 1.57. The maximum absolute atomic E-state index is 15.1. The Labute approximate surface area is 209 Å². The van der Waals surface area contributed by atoms with E-state index in [4.69, 9.17) is 16.0 Å². The van der Waals surface area contributed by atoms with E-state index in [9.17, 15) is 5.11 Å². The number of anilines is 1. The lowest BCUT2D eigenvalue weighted by Gasteiger charge is -2.40. The summed E-state index contributed by atoms with van der Waals surface area (Å²) in [6.45, 7) is 2.84. The smallest absolute Gasteiger partial charge is 0.230 e. The minimum Gasteiger partial charge on any atom is -0.492 e. The molecule has 178 valence electrons. The summed E-state index contributed by atoms with van der Waals surface area (Å²) in [5.74, 6) is 0.551. The number of hydrogen-bond acceptors (Lipinski definition) is 7. The van der Waals surface area contributed by atoms with Crippen molar-refractivity contribution >= 4 is 33.6 Å². The first-order valence-electron chi connectivity index (χ1n) is 11.2. The molecule has 1 saturated heterocycles. The molecular formula is C25H21ClFN5O2S. The molecule has 5 aromatic rings. The van der Waals surface area contributed by atoms with Gasteiger partial charge in [-0.05, 0) is 36.4 Å². The average molecular weight is 510 g/mol. The van der Waals surface area contributed by atoms with Gasteiger partial charge in [0.1, 0.15) is 5.82 Å². The van der Waals surface area contributed by atoms with Gasteiger partial charge in [-0.2, -0.15) is 9.50 Å². The van der Waals surface area contributed by atoms with Crippen LogP contribution in [0.2, 0.25) is 5.02 Å². The van der Waals surface area contributed by atoms with Crippen molar-refractivity contribution in [3.8, 4) is 17.5 Å². The first kappa shape index (κ1) is 22.1. The van der Waals surface area contributed by atoms with Crippen molar-refractivity contribution in [1.82, 2.24) is 19.5 Å². The SMILES string of the molecule is Oc1c([C@H](c2ccccc2F)N2CCN(c3cccc(Cl)c3)CC2)sc2nc(-c3ccco3)nn12.